The Balaban J connectivity index is 2.33. The van der Waals surface area contributed by atoms with E-state index in [9.17, 15) is 13.6 Å². The molecule has 0 atom stereocenters. The molecule has 0 bridgehead atoms. The molecule has 0 saturated heterocycles. The van der Waals surface area contributed by atoms with Crippen molar-refractivity contribution in [3.63, 3.8) is 0 Å². The van der Waals surface area contributed by atoms with Gasteiger partial charge in [-0.25, -0.2) is 8.78 Å². The maximum atomic E-state index is 13.6. The average Bonchev–Trinajstić information content (AvgIpc) is 2.33. The van der Waals surface area contributed by atoms with Crippen LogP contribution in [0.15, 0.2) is 24.3 Å². The molecule has 3 nitrogen and oxygen atoms in total. The number of aryl methyl sites for hydroxylation is 3. The Bertz CT molecular complexity index is 661. The van der Waals surface area contributed by atoms with Gasteiger partial charge >= 0.3 is 0 Å². The van der Waals surface area contributed by atoms with E-state index in [-0.39, 0.29) is 5.56 Å². The molecule has 5 heteroatoms. The number of amides is 1. The number of benzene rings is 1. The van der Waals surface area contributed by atoms with Crippen LogP contribution in [0.25, 0.3) is 0 Å². The zero-order valence-corrected chi connectivity index (χ0v) is 11.4. The first-order valence-corrected chi connectivity index (χ1v) is 6.09. The first-order chi connectivity index (χ1) is 9.38. The van der Waals surface area contributed by atoms with Crippen LogP contribution in [-0.4, -0.2) is 10.9 Å². The molecular weight excluding hydrogens is 262 g/mol. The minimum absolute atomic E-state index is 0.203. The Morgan fingerprint density at radius 1 is 1.15 bits per heavy atom. The smallest absolute Gasteiger partial charge is 0.258 e. The second-order valence-electron chi connectivity index (χ2n) is 4.62. The molecule has 0 saturated carbocycles. The zero-order valence-electron chi connectivity index (χ0n) is 11.4. The van der Waals surface area contributed by atoms with Gasteiger partial charge in [-0.15, -0.1) is 0 Å². The Hall–Kier alpha value is -2.30. The molecular formula is C15H14F2N2O. The fraction of sp³-hybridized carbons (Fsp3) is 0.200. The van der Waals surface area contributed by atoms with Crippen LogP contribution in [-0.2, 0) is 0 Å². The van der Waals surface area contributed by atoms with E-state index in [4.69, 9.17) is 0 Å². The van der Waals surface area contributed by atoms with Crippen molar-refractivity contribution in [3.05, 3.63) is 58.4 Å². The standard InChI is InChI=1S/C15H14F2N2O/c1-8-6-9(2)18-10(3)14(8)19-15(20)12-5-4-11(16)7-13(12)17/h4-7H,1-3H3,(H,19,20). The van der Waals surface area contributed by atoms with Crippen LogP contribution in [0.3, 0.4) is 0 Å². The minimum atomic E-state index is -0.891. The van der Waals surface area contributed by atoms with Crippen molar-refractivity contribution < 1.29 is 13.6 Å². The van der Waals surface area contributed by atoms with Gasteiger partial charge in [0.2, 0.25) is 0 Å². The third-order valence-electron chi connectivity index (χ3n) is 2.94. The SMILES string of the molecule is Cc1cc(C)c(NC(=O)c2ccc(F)cc2F)c(C)n1. The summed E-state index contributed by atoms with van der Waals surface area (Å²) >= 11 is 0. The van der Waals surface area contributed by atoms with Gasteiger partial charge in [0.15, 0.2) is 0 Å². The highest BCUT2D eigenvalue weighted by Crippen LogP contribution is 2.20. The van der Waals surface area contributed by atoms with Gasteiger partial charge in [0.05, 0.1) is 16.9 Å². The van der Waals surface area contributed by atoms with Gasteiger partial charge in [-0.05, 0) is 44.5 Å². The largest absolute Gasteiger partial charge is 0.320 e. The van der Waals surface area contributed by atoms with Gasteiger partial charge in [0, 0.05) is 11.8 Å². The summed E-state index contributed by atoms with van der Waals surface area (Å²) in [5, 5.41) is 2.62. The summed E-state index contributed by atoms with van der Waals surface area (Å²) in [5.74, 6) is -2.24. The van der Waals surface area contributed by atoms with Crippen molar-refractivity contribution in [2.45, 2.75) is 20.8 Å². The molecule has 0 aliphatic carbocycles. The third kappa shape index (κ3) is 2.82. The highest BCUT2D eigenvalue weighted by Gasteiger charge is 2.15. The van der Waals surface area contributed by atoms with E-state index in [0.717, 1.165) is 23.4 Å². The molecule has 104 valence electrons. The topological polar surface area (TPSA) is 42.0 Å². The Morgan fingerprint density at radius 2 is 1.85 bits per heavy atom. The summed E-state index contributed by atoms with van der Waals surface area (Å²) < 4.78 is 26.4. The number of hydrogen-bond acceptors (Lipinski definition) is 2. The van der Waals surface area contributed by atoms with Crippen LogP contribution in [0.5, 0.6) is 0 Å². The van der Waals surface area contributed by atoms with Gasteiger partial charge in [-0.1, -0.05) is 0 Å². The van der Waals surface area contributed by atoms with Crippen molar-refractivity contribution in [2.24, 2.45) is 0 Å². The van der Waals surface area contributed by atoms with Gasteiger partial charge in [0.1, 0.15) is 11.6 Å². The Morgan fingerprint density at radius 3 is 2.45 bits per heavy atom. The molecule has 0 unspecified atom stereocenters. The third-order valence-corrected chi connectivity index (χ3v) is 2.94. The summed E-state index contributed by atoms with van der Waals surface area (Å²) in [6.45, 7) is 5.44. The molecule has 0 aliphatic rings. The summed E-state index contributed by atoms with van der Waals surface area (Å²) in [5.41, 5.74) is 2.67. The lowest BCUT2D eigenvalue weighted by Crippen LogP contribution is -2.16. The average molecular weight is 276 g/mol. The highest BCUT2D eigenvalue weighted by molar-refractivity contribution is 6.05. The summed E-state index contributed by atoms with van der Waals surface area (Å²) in [6, 6.07) is 4.67. The van der Waals surface area contributed by atoms with Crippen molar-refractivity contribution in [3.8, 4) is 0 Å². The van der Waals surface area contributed by atoms with Crippen molar-refractivity contribution in [1.82, 2.24) is 4.98 Å². The summed E-state index contributed by atoms with van der Waals surface area (Å²) in [6.07, 6.45) is 0. The van der Waals surface area contributed by atoms with Crippen LogP contribution in [0.4, 0.5) is 14.5 Å². The Kier molecular flexibility index (Phi) is 3.79. The van der Waals surface area contributed by atoms with Crippen LogP contribution in [0, 0.1) is 32.4 Å². The molecule has 2 aromatic rings. The number of aromatic nitrogens is 1. The summed E-state index contributed by atoms with van der Waals surface area (Å²) in [7, 11) is 0. The van der Waals surface area contributed by atoms with E-state index in [0.29, 0.717) is 17.4 Å². The molecule has 1 amide bonds. The molecule has 1 aromatic carbocycles. The number of carbonyl (C=O) groups is 1. The minimum Gasteiger partial charge on any atom is -0.320 e. The maximum absolute atomic E-state index is 13.6. The first kappa shape index (κ1) is 14.1. The normalized spacial score (nSPS) is 10.4. The molecule has 1 aromatic heterocycles. The molecule has 1 N–H and O–H groups in total. The van der Waals surface area contributed by atoms with Crippen LogP contribution in [0.1, 0.15) is 27.3 Å². The zero-order chi connectivity index (χ0) is 14.9. The van der Waals surface area contributed by atoms with Crippen LogP contribution >= 0.6 is 0 Å². The van der Waals surface area contributed by atoms with Crippen molar-refractivity contribution >= 4 is 11.6 Å². The predicted molar refractivity (Wildman–Crippen MR) is 72.8 cm³/mol. The number of hydrogen-bond donors (Lipinski definition) is 1. The molecule has 0 aliphatic heterocycles. The molecule has 1 heterocycles. The van der Waals surface area contributed by atoms with Gasteiger partial charge in [0.25, 0.3) is 5.91 Å². The van der Waals surface area contributed by atoms with Crippen LogP contribution < -0.4 is 5.32 Å². The number of anilines is 1. The summed E-state index contributed by atoms with van der Waals surface area (Å²) in [4.78, 5) is 16.3. The van der Waals surface area contributed by atoms with Crippen LogP contribution in [0.2, 0.25) is 0 Å². The predicted octanol–water partition coefficient (Wildman–Crippen LogP) is 3.54. The number of carbonyl (C=O) groups excluding carboxylic acids is 1. The van der Waals surface area contributed by atoms with E-state index in [1.807, 2.05) is 19.9 Å². The quantitative estimate of drug-likeness (QED) is 0.911. The van der Waals surface area contributed by atoms with E-state index < -0.39 is 17.5 Å². The van der Waals surface area contributed by atoms with Crippen molar-refractivity contribution in [1.29, 1.82) is 0 Å². The van der Waals surface area contributed by atoms with E-state index >= 15 is 0 Å². The number of halogens is 2. The molecule has 0 spiro atoms. The molecule has 2 rings (SSSR count). The number of pyridine rings is 1. The number of rotatable bonds is 2. The number of nitrogens with zero attached hydrogens (tertiary/aromatic N) is 1. The second kappa shape index (κ2) is 5.36. The second-order valence-corrected chi connectivity index (χ2v) is 4.62. The molecule has 20 heavy (non-hydrogen) atoms. The fourth-order valence-corrected chi connectivity index (χ4v) is 2.07. The maximum Gasteiger partial charge on any atom is 0.258 e. The lowest BCUT2D eigenvalue weighted by molar-refractivity contribution is 0.102. The Labute approximate surface area is 115 Å². The molecule has 0 radical (unpaired) electrons. The highest BCUT2D eigenvalue weighted by atomic mass is 19.1. The first-order valence-electron chi connectivity index (χ1n) is 6.09. The van der Waals surface area contributed by atoms with Gasteiger partial charge in [-0.2, -0.15) is 0 Å². The van der Waals surface area contributed by atoms with Gasteiger partial charge < -0.3 is 5.32 Å². The monoisotopic (exact) mass is 276 g/mol. The molecule has 0 fully saturated rings. The van der Waals surface area contributed by atoms with Gasteiger partial charge in [-0.3, -0.25) is 9.78 Å². The van der Waals surface area contributed by atoms with Crippen molar-refractivity contribution in [2.75, 3.05) is 5.32 Å². The van der Waals surface area contributed by atoms with E-state index in [2.05, 4.69) is 10.3 Å². The van der Waals surface area contributed by atoms with E-state index in [1.165, 1.54) is 0 Å². The van der Waals surface area contributed by atoms with E-state index in [1.54, 1.807) is 6.92 Å². The lowest BCUT2D eigenvalue weighted by atomic mass is 10.1. The lowest BCUT2D eigenvalue weighted by Gasteiger charge is -2.12. The fourth-order valence-electron chi connectivity index (χ4n) is 2.07. The number of nitrogens with one attached hydrogen (secondary N) is 1.